The van der Waals surface area contributed by atoms with Gasteiger partial charge in [0.2, 0.25) is 5.91 Å². The third-order valence-electron chi connectivity index (χ3n) is 3.70. The molecule has 98 valence electrons. The molecule has 3 unspecified atom stereocenters. The predicted molar refractivity (Wildman–Crippen MR) is 73.3 cm³/mol. The number of carbonyl (C=O) groups excluding carboxylic acids is 1. The molecule has 2 saturated heterocycles. The molecule has 2 rings (SSSR count). The first kappa shape index (κ1) is 13.2. The van der Waals surface area contributed by atoms with Crippen LogP contribution in [0.1, 0.15) is 34.1 Å². The first-order valence-corrected chi connectivity index (χ1v) is 7.53. The van der Waals surface area contributed by atoms with Gasteiger partial charge in [-0.3, -0.25) is 4.79 Å². The fourth-order valence-electron chi connectivity index (χ4n) is 2.95. The summed E-state index contributed by atoms with van der Waals surface area (Å²) in [6, 6.07) is 0.887. The summed E-state index contributed by atoms with van der Waals surface area (Å²) in [5.74, 6) is 1.64. The number of rotatable bonds is 2. The van der Waals surface area contributed by atoms with Crippen LogP contribution in [-0.2, 0) is 4.79 Å². The zero-order chi connectivity index (χ0) is 12.6. The molecule has 3 nitrogen and oxygen atoms in total. The highest BCUT2D eigenvalue weighted by atomic mass is 32.2. The van der Waals surface area contributed by atoms with Gasteiger partial charge in [0.1, 0.15) is 0 Å². The van der Waals surface area contributed by atoms with Crippen LogP contribution in [0.2, 0.25) is 0 Å². The van der Waals surface area contributed by atoms with Gasteiger partial charge in [-0.25, -0.2) is 0 Å². The maximum atomic E-state index is 12.3. The average Bonchev–Trinajstić information content (AvgIpc) is 2.72. The molecule has 3 atom stereocenters. The van der Waals surface area contributed by atoms with E-state index in [9.17, 15) is 4.79 Å². The van der Waals surface area contributed by atoms with Crippen molar-refractivity contribution in [3.05, 3.63) is 0 Å². The highest BCUT2D eigenvalue weighted by Crippen LogP contribution is 2.33. The number of thioether (sulfide) groups is 1. The smallest absolute Gasteiger partial charge is 0.233 e. The molecule has 1 N–H and O–H groups in total. The van der Waals surface area contributed by atoms with Crippen molar-refractivity contribution in [2.24, 2.45) is 5.92 Å². The van der Waals surface area contributed by atoms with E-state index in [1.54, 1.807) is 11.8 Å². The number of hydrogen-bond acceptors (Lipinski definition) is 3. The number of amides is 1. The van der Waals surface area contributed by atoms with E-state index >= 15 is 0 Å². The Morgan fingerprint density at radius 1 is 1.41 bits per heavy atom. The first-order valence-electron chi connectivity index (χ1n) is 6.54. The lowest BCUT2D eigenvalue weighted by molar-refractivity contribution is -0.130. The number of carbonyl (C=O) groups is 1. The lowest BCUT2D eigenvalue weighted by atomic mass is 10.0. The van der Waals surface area contributed by atoms with E-state index in [0.29, 0.717) is 29.7 Å². The van der Waals surface area contributed by atoms with Gasteiger partial charge in [-0.15, -0.1) is 11.8 Å². The summed E-state index contributed by atoms with van der Waals surface area (Å²) in [5.41, 5.74) is 0. The number of likely N-dealkylation sites (tertiary alicyclic amines) is 1. The minimum absolute atomic E-state index is 0.173. The molecule has 2 fully saturated rings. The Balaban J connectivity index is 1.94. The minimum atomic E-state index is 0.173. The Hall–Kier alpha value is -0.220. The first-order chi connectivity index (χ1) is 7.88. The summed E-state index contributed by atoms with van der Waals surface area (Å²) >= 11 is 1.75. The summed E-state index contributed by atoms with van der Waals surface area (Å²) in [7, 11) is 0. The number of nitrogens with one attached hydrogen (secondary N) is 1. The van der Waals surface area contributed by atoms with Gasteiger partial charge in [-0.2, -0.15) is 0 Å². The molecule has 4 heteroatoms. The van der Waals surface area contributed by atoms with E-state index in [1.165, 1.54) is 6.42 Å². The lowest BCUT2D eigenvalue weighted by Gasteiger charge is -2.29. The van der Waals surface area contributed by atoms with Crippen molar-refractivity contribution < 1.29 is 4.79 Å². The molecule has 2 aliphatic heterocycles. The molecule has 0 bridgehead atoms. The van der Waals surface area contributed by atoms with E-state index in [1.807, 2.05) is 0 Å². The van der Waals surface area contributed by atoms with Crippen molar-refractivity contribution in [2.45, 2.75) is 50.9 Å². The standard InChI is InChI=1S/C13H24N2OS/c1-9-5-10-6-14-7-11(10)15(9)12(16)8-17-13(2,3)4/h9-11,14H,5-8H2,1-4H3. The second kappa shape index (κ2) is 4.81. The molecule has 17 heavy (non-hydrogen) atoms. The number of hydrogen-bond donors (Lipinski definition) is 1. The molecule has 0 aromatic rings. The molecule has 2 heterocycles. The zero-order valence-electron chi connectivity index (χ0n) is 11.3. The van der Waals surface area contributed by atoms with Crippen LogP contribution in [-0.4, -0.2) is 46.5 Å². The van der Waals surface area contributed by atoms with Crippen molar-refractivity contribution in [3.63, 3.8) is 0 Å². The molecule has 0 spiro atoms. The van der Waals surface area contributed by atoms with Gasteiger partial charge >= 0.3 is 0 Å². The van der Waals surface area contributed by atoms with Gasteiger partial charge in [0.25, 0.3) is 0 Å². The normalized spacial score (nSPS) is 32.9. The second-order valence-corrected chi connectivity index (χ2v) is 8.07. The van der Waals surface area contributed by atoms with Crippen molar-refractivity contribution in [3.8, 4) is 0 Å². The van der Waals surface area contributed by atoms with Crippen LogP contribution in [0.3, 0.4) is 0 Å². The minimum Gasteiger partial charge on any atom is -0.335 e. The molecular formula is C13H24N2OS. The lowest BCUT2D eigenvalue weighted by Crippen LogP contribution is -2.44. The largest absolute Gasteiger partial charge is 0.335 e. The SMILES string of the molecule is CC1CC2CNCC2N1C(=O)CSC(C)(C)C. The van der Waals surface area contributed by atoms with Gasteiger partial charge in [0.15, 0.2) is 0 Å². The highest BCUT2D eigenvalue weighted by Gasteiger charge is 2.43. The predicted octanol–water partition coefficient (Wildman–Crippen LogP) is 1.73. The molecule has 0 aliphatic carbocycles. The van der Waals surface area contributed by atoms with Gasteiger partial charge in [-0.1, -0.05) is 20.8 Å². The fourth-order valence-corrected chi connectivity index (χ4v) is 3.65. The van der Waals surface area contributed by atoms with Crippen molar-refractivity contribution >= 4 is 17.7 Å². The van der Waals surface area contributed by atoms with Crippen molar-refractivity contribution in [2.75, 3.05) is 18.8 Å². The van der Waals surface area contributed by atoms with Crippen molar-refractivity contribution in [1.29, 1.82) is 0 Å². The Labute approximate surface area is 109 Å². The fraction of sp³-hybridized carbons (Fsp3) is 0.923. The molecule has 0 saturated carbocycles. The van der Waals surface area contributed by atoms with Crippen LogP contribution in [0.15, 0.2) is 0 Å². The molecule has 0 radical (unpaired) electrons. The Kier molecular flexibility index (Phi) is 3.74. The van der Waals surface area contributed by atoms with E-state index in [2.05, 4.69) is 37.9 Å². The third-order valence-corrected chi connectivity index (χ3v) is 4.95. The molecule has 0 aromatic carbocycles. The summed E-state index contributed by atoms with van der Waals surface area (Å²) < 4.78 is 0.173. The Morgan fingerprint density at radius 2 is 2.12 bits per heavy atom. The molecule has 0 aromatic heterocycles. The quantitative estimate of drug-likeness (QED) is 0.816. The highest BCUT2D eigenvalue weighted by molar-refractivity contribution is 8.01. The molecular weight excluding hydrogens is 232 g/mol. The summed E-state index contributed by atoms with van der Waals surface area (Å²) in [6.45, 7) is 10.8. The molecule has 1 amide bonds. The maximum Gasteiger partial charge on any atom is 0.233 e. The summed E-state index contributed by atoms with van der Waals surface area (Å²) in [6.07, 6.45) is 1.17. The Morgan fingerprint density at radius 3 is 2.76 bits per heavy atom. The van der Waals surface area contributed by atoms with Crippen LogP contribution < -0.4 is 5.32 Å². The number of fused-ring (bicyclic) bond motifs is 1. The second-order valence-electron chi connectivity index (χ2n) is 6.27. The van der Waals surface area contributed by atoms with Gasteiger partial charge in [0.05, 0.1) is 5.75 Å². The van der Waals surface area contributed by atoms with Crippen molar-refractivity contribution in [1.82, 2.24) is 10.2 Å². The van der Waals surface area contributed by atoms with Crippen LogP contribution in [0.5, 0.6) is 0 Å². The summed E-state index contributed by atoms with van der Waals surface area (Å²) in [5, 5.41) is 3.40. The number of nitrogens with zero attached hydrogens (tertiary/aromatic N) is 1. The van der Waals surface area contributed by atoms with E-state index < -0.39 is 0 Å². The van der Waals surface area contributed by atoms with E-state index in [4.69, 9.17) is 0 Å². The molecule has 2 aliphatic rings. The van der Waals surface area contributed by atoms with Gasteiger partial charge in [-0.05, 0) is 19.3 Å². The van der Waals surface area contributed by atoms with E-state index in [0.717, 1.165) is 13.1 Å². The van der Waals surface area contributed by atoms with Gasteiger partial charge < -0.3 is 10.2 Å². The monoisotopic (exact) mass is 256 g/mol. The van der Waals surface area contributed by atoms with Crippen LogP contribution >= 0.6 is 11.8 Å². The van der Waals surface area contributed by atoms with Crippen LogP contribution in [0.25, 0.3) is 0 Å². The average molecular weight is 256 g/mol. The zero-order valence-corrected chi connectivity index (χ0v) is 12.1. The topological polar surface area (TPSA) is 32.3 Å². The van der Waals surface area contributed by atoms with Crippen LogP contribution in [0.4, 0.5) is 0 Å². The summed E-state index contributed by atoms with van der Waals surface area (Å²) in [4.78, 5) is 14.5. The van der Waals surface area contributed by atoms with E-state index in [-0.39, 0.29) is 4.75 Å². The third kappa shape index (κ3) is 2.97. The van der Waals surface area contributed by atoms with Gasteiger partial charge in [0, 0.05) is 29.9 Å². The maximum absolute atomic E-state index is 12.3. The van der Waals surface area contributed by atoms with Crippen LogP contribution in [0, 0.1) is 5.92 Å². The Bertz CT molecular complexity index is 300.